The first-order valence-corrected chi connectivity index (χ1v) is 4.54. The van der Waals surface area contributed by atoms with E-state index in [0.29, 0.717) is 12.6 Å². The summed E-state index contributed by atoms with van der Waals surface area (Å²) in [6.45, 7) is 0.514. The number of hydrogen-bond donors (Lipinski definition) is 1. The Morgan fingerprint density at radius 3 is 2.54 bits per heavy atom. The van der Waals surface area contributed by atoms with Crippen molar-refractivity contribution < 1.29 is 0 Å². The van der Waals surface area contributed by atoms with Crippen LogP contribution in [0, 0.1) is 0 Å². The molecule has 6 heteroatoms. The van der Waals surface area contributed by atoms with Crippen LogP contribution in [0.1, 0.15) is 24.6 Å². The second-order valence-electron chi connectivity index (χ2n) is 2.84. The van der Waals surface area contributed by atoms with Crippen molar-refractivity contribution in [2.24, 2.45) is 5.73 Å². The summed E-state index contributed by atoms with van der Waals surface area (Å²) in [4.78, 5) is 0. The number of hydrogen-bond acceptors (Lipinski definition) is 2. The number of rotatable bonds is 2. The second-order valence-corrected chi connectivity index (χ2v) is 3.69. The van der Waals surface area contributed by atoms with Gasteiger partial charge in [-0.2, -0.15) is 5.10 Å². The molecule has 1 aliphatic rings. The van der Waals surface area contributed by atoms with Gasteiger partial charge >= 0.3 is 0 Å². The first kappa shape index (κ1) is 13.2. The van der Waals surface area contributed by atoms with Crippen molar-refractivity contribution in [1.82, 2.24) is 9.78 Å². The van der Waals surface area contributed by atoms with Crippen LogP contribution < -0.4 is 5.73 Å². The van der Waals surface area contributed by atoms with Crippen molar-refractivity contribution in [2.45, 2.75) is 25.4 Å². The van der Waals surface area contributed by atoms with Crippen molar-refractivity contribution >= 4 is 40.7 Å². The summed E-state index contributed by atoms with van der Waals surface area (Å²) in [6.07, 6.45) is 4.54. The Morgan fingerprint density at radius 2 is 2.15 bits per heavy atom. The molecular weight excluding hydrogens is 277 g/mol. The first-order valence-electron chi connectivity index (χ1n) is 3.75. The van der Waals surface area contributed by atoms with Gasteiger partial charge in [-0.3, -0.25) is 4.68 Å². The summed E-state index contributed by atoms with van der Waals surface area (Å²) in [6, 6.07) is 0.645. The maximum Gasteiger partial charge on any atom is 0.0902 e. The van der Waals surface area contributed by atoms with Gasteiger partial charge in [-0.25, -0.2) is 0 Å². The maximum atomic E-state index is 5.48. The third-order valence-corrected chi connectivity index (χ3v) is 2.53. The molecule has 0 aliphatic heterocycles. The predicted molar refractivity (Wildman–Crippen MR) is 60.6 cm³/mol. The van der Waals surface area contributed by atoms with Gasteiger partial charge in [0.1, 0.15) is 0 Å². The van der Waals surface area contributed by atoms with Gasteiger partial charge in [0.2, 0.25) is 0 Å². The van der Waals surface area contributed by atoms with Gasteiger partial charge in [0, 0.05) is 12.7 Å². The van der Waals surface area contributed by atoms with Crippen LogP contribution in [0.4, 0.5) is 0 Å². The molecule has 0 bridgehead atoms. The average Bonchev–Trinajstić information content (AvgIpc) is 2.76. The zero-order chi connectivity index (χ0) is 7.84. The number of aromatic nitrogens is 2. The van der Waals surface area contributed by atoms with E-state index in [1.54, 1.807) is 0 Å². The largest absolute Gasteiger partial charge is 0.325 e. The van der Waals surface area contributed by atoms with Gasteiger partial charge in [0.15, 0.2) is 0 Å². The normalized spacial score (nSPS) is 14.6. The quantitative estimate of drug-likeness (QED) is 0.907. The van der Waals surface area contributed by atoms with Crippen LogP contribution in [0.5, 0.6) is 0 Å². The lowest BCUT2D eigenvalue weighted by molar-refractivity contribution is 0.630. The van der Waals surface area contributed by atoms with E-state index in [4.69, 9.17) is 5.73 Å². The molecule has 1 aromatic rings. The molecule has 1 aliphatic carbocycles. The van der Waals surface area contributed by atoms with E-state index >= 15 is 0 Å². The van der Waals surface area contributed by atoms with Crippen molar-refractivity contribution in [3.63, 3.8) is 0 Å². The van der Waals surface area contributed by atoms with E-state index in [9.17, 15) is 0 Å². The number of nitrogens with zero attached hydrogens (tertiary/aromatic N) is 2. The van der Waals surface area contributed by atoms with Crippen molar-refractivity contribution in [1.29, 1.82) is 0 Å². The van der Waals surface area contributed by atoms with Gasteiger partial charge in [0.25, 0.3) is 0 Å². The number of nitrogens with two attached hydrogens (primary N) is 1. The van der Waals surface area contributed by atoms with Crippen LogP contribution in [-0.4, -0.2) is 9.78 Å². The topological polar surface area (TPSA) is 43.8 Å². The van der Waals surface area contributed by atoms with Gasteiger partial charge in [0.05, 0.1) is 16.2 Å². The highest BCUT2D eigenvalue weighted by atomic mass is 79.9. The van der Waals surface area contributed by atoms with Crippen molar-refractivity contribution in [2.75, 3.05) is 0 Å². The molecule has 0 amide bonds. The van der Waals surface area contributed by atoms with E-state index in [1.165, 1.54) is 12.8 Å². The summed E-state index contributed by atoms with van der Waals surface area (Å²) >= 11 is 3.41. The summed E-state index contributed by atoms with van der Waals surface area (Å²) in [5.74, 6) is 0. The highest BCUT2D eigenvalue weighted by Gasteiger charge is 2.24. The molecule has 13 heavy (non-hydrogen) atoms. The first-order chi connectivity index (χ1) is 5.31. The maximum absolute atomic E-state index is 5.48. The molecule has 0 unspecified atom stereocenters. The molecular formula is C7H12BrCl2N3. The Bertz CT molecular complexity index is 273. The Hall–Kier alpha value is 0.230. The second kappa shape index (κ2) is 5.20. The third kappa shape index (κ3) is 2.84. The minimum absolute atomic E-state index is 0. The lowest BCUT2D eigenvalue weighted by Crippen LogP contribution is -2.00. The molecule has 76 valence electrons. The Kier molecular flexibility index (Phi) is 5.29. The van der Waals surface area contributed by atoms with Crippen LogP contribution in [0.3, 0.4) is 0 Å². The zero-order valence-electron chi connectivity index (χ0n) is 6.94. The van der Waals surface area contributed by atoms with Crippen molar-refractivity contribution in [3.05, 3.63) is 16.4 Å². The Balaban J connectivity index is 0.000000720. The van der Waals surface area contributed by atoms with Crippen molar-refractivity contribution in [3.8, 4) is 0 Å². The predicted octanol–water partition coefficient (Wildman–Crippen LogP) is 2.28. The molecule has 1 aromatic heterocycles. The number of halogens is 3. The SMILES string of the molecule is Cl.Cl.NCc1nn(C2CC2)cc1Br. The monoisotopic (exact) mass is 287 g/mol. The van der Waals surface area contributed by atoms with Gasteiger partial charge in [-0.1, -0.05) is 0 Å². The molecule has 1 heterocycles. The summed E-state index contributed by atoms with van der Waals surface area (Å²) in [7, 11) is 0. The molecule has 0 spiro atoms. The van der Waals surface area contributed by atoms with Crippen LogP contribution in [-0.2, 0) is 6.54 Å². The van der Waals surface area contributed by atoms with E-state index in [1.807, 2.05) is 10.9 Å². The minimum Gasteiger partial charge on any atom is -0.325 e. The Morgan fingerprint density at radius 1 is 1.54 bits per heavy atom. The fourth-order valence-corrected chi connectivity index (χ4v) is 1.52. The fraction of sp³-hybridized carbons (Fsp3) is 0.571. The minimum atomic E-state index is 0. The molecule has 0 aromatic carbocycles. The standard InChI is InChI=1S/C7H10BrN3.2ClH/c8-6-4-11(5-1-2-5)10-7(6)3-9;;/h4-5H,1-3,9H2;2*1H. The molecule has 1 fully saturated rings. The smallest absolute Gasteiger partial charge is 0.0902 e. The van der Waals surface area contributed by atoms with Crippen LogP contribution in [0.25, 0.3) is 0 Å². The van der Waals surface area contributed by atoms with E-state index < -0.39 is 0 Å². The highest BCUT2D eigenvalue weighted by molar-refractivity contribution is 9.10. The molecule has 2 N–H and O–H groups in total. The molecule has 3 nitrogen and oxygen atoms in total. The molecule has 0 saturated heterocycles. The third-order valence-electron chi connectivity index (χ3n) is 1.87. The molecule has 0 radical (unpaired) electrons. The summed E-state index contributed by atoms with van der Waals surface area (Å²) in [5.41, 5.74) is 6.43. The zero-order valence-corrected chi connectivity index (χ0v) is 10.2. The van der Waals surface area contributed by atoms with Gasteiger partial charge < -0.3 is 5.73 Å². The molecule has 2 rings (SSSR count). The summed E-state index contributed by atoms with van der Waals surface area (Å²) in [5, 5.41) is 4.34. The fourth-order valence-electron chi connectivity index (χ4n) is 1.07. The Labute approximate surface area is 98.0 Å². The van der Waals surface area contributed by atoms with Crippen LogP contribution >= 0.6 is 40.7 Å². The van der Waals surface area contributed by atoms with Crippen LogP contribution in [0.2, 0.25) is 0 Å². The van der Waals surface area contributed by atoms with E-state index in [0.717, 1.165) is 10.2 Å². The van der Waals surface area contributed by atoms with Gasteiger partial charge in [-0.05, 0) is 28.8 Å². The lowest BCUT2D eigenvalue weighted by atomic mass is 10.4. The molecule has 1 saturated carbocycles. The van der Waals surface area contributed by atoms with E-state index in [2.05, 4.69) is 21.0 Å². The van der Waals surface area contributed by atoms with Gasteiger partial charge in [-0.15, -0.1) is 24.8 Å². The lowest BCUT2D eigenvalue weighted by Gasteiger charge is -1.93. The molecule has 0 atom stereocenters. The van der Waals surface area contributed by atoms with Crippen LogP contribution in [0.15, 0.2) is 10.7 Å². The van der Waals surface area contributed by atoms with E-state index in [-0.39, 0.29) is 24.8 Å². The average molecular weight is 289 g/mol. The summed E-state index contributed by atoms with van der Waals surface area (Å²) < 4.78 is 3.04. The highest BCUT2D eigenvalue weighted by Crippen LogP contribution is 2.35.